The number of hydroxylamine groups is 2. The van der Waals surface area contributed by atoms with Crippen molar-refractivity contribution in [2.45, 2.75) is 38.3 Å². The van der Waals surface area contributed by atoms with E-state index in [0.717, 1.165) is 11.1 Å². The number of alkyl carbamates (subject to hydrolysis) is 1. The number of benzene rings is 2. The first-order valence-electron chi connectivity index (χ1n) is 9.61. The number of carbonyl (C=O) groups is 4. The van der Waals surface area contributed by atoms with Crippen LogP contribution in [0.2, 0.25) is 0 Å². The molecular weight excluding hydrogens is 388 g/mol. The van der Waals surface area contributed by atoms with Crippen molar-refractivity contribution in [1.82, 2.24) is 10.4 Å². The average molecular weight is 410 g/mol. The Morgan fingerprint density at radius 3 is 2.07 bits per heavy atom. The predicted octanol–water partition coefficient (Wildman–Crippen LogP) is 2.52. The van der Waals surface area contributed by atoms with E-state index in [4.69, 9.17) is 9.57 Å². The zero-order valence-electron chi connectivity index (χ0n) is 16.3. The maximum absolute atomic E-state index is 12.6. The van der Waals surface area contributed by atoms with Crippen LogP contribution in [-0.2, 0) is 37.0 Å². The van der Waals surface area contributed by atoms with Crippen LogP contribution in [0.15, 0.2) is 60.7 Å². The lowest BCUT2D eigenvalue weighted by molar-refractivity contribution is -0.199. The summed E-state index contributed by atoms with van der Waals surface area (Å²) in [5, 5.41) is 2.94. The lowest BCUT2D eigenvalue weighted by atomic mass is 10.1. The predicted molar refractivity (Wildman–Crippen MR) is 105 cm³/mol. The molecule has 0 aliphatic carbocycles. The summed E-state index contributed by atoms with van der Waals surface area (Å²) in [7, 11) is 0. The van der Waals surface area contributed by atoms with Gasteiger partial charge in [-0.1, -0.05) is 60.7 Å². The van der Waals surface area contributed by atoms with Gasteiger partial charge in [0.15, 0.2) is 0 Å². The highest BCUT2D eigenvalue weighted by Gasteiger charge is 2.35. The van der Waals surface area contributed by atoms with Gasteiger partial charge in [-0.05, 0) is 24.0 Å². The first-order valence-corrected chi connectivity index (χ1v) is 9.61. The second-order valence-corrected chi connectivity index (χ2v) is 6.78. The van der Waals surface area contributed by atoms with Gasteiger partial charge >= 0.3 is 12.1 Å². The molecule has 0 saturated carbocycles. The van der Waals surface area contributed by atoms with E-state index in [1.165, 1.54) is 0 Å². The van der Waals surface area contributed by atoms with E-state index in [-0.39, 0.29) is 25.9 Å². The molecule has 0 bridgehead atoms. The molecule has 2 aromatic carbocycles. The van der Waals surface area contributed by atoms with Crippen molar-refractivity contribution in [2.24, 2.45) is 0 Å². The summed E-state index contributed by atoms with van der Waals surface area (Å²) >= 11 is 0. The highest BCUT2D eigenvalue weighted by atomic mass is 16.7. The van der Waals surface area contributed by atoms with E-state index in [9.17, 15) is 19.2 Å². The quantitative estimate of drug-likeness (QED) is 0.671. The van der Waals surface area contributed by atoms with Crippen LogP contribution in [0, 0.1) is 0 Å². The summed E-state index contributed by atoms with van der Waals surface area (Å²) in [4.78, 5) is 53.2. The van der Waals surface area contributed by atoms with Crippen molar-refractivity contribution < 1.29 is 28.8 Å². The molecule has 3 rings (SSSR count). The Kier molecular flexibility index (Phi) is 7.15. The standard InChI is InChI=1S/C22H22N2O6/c25-19-13-14-20(26)24(19)30-21(27)18(12-11-16-7-3-1-4-8-16)23-22(28)29-15-17-9-5-2-6-10-17/h1-10,18H,11-15H2,(H,23,28). The molecule has 1 aliphatic rings. The van der Waals surface area contributed by atoms with Crippen molar-refractivity contribution in [1.29, 1.82) is 0 Å². The lowest BCUT2D eigenvalue weighted by Gasteiger charge is -2.20. The van der Waals surface area contributed by atoms with Crippen molar-refractivity contribution in [3.05, 3.63) is 71.8 Å². The van der Waals surface area contributed by atoms with E-state index in [0.29, 0.717) is 11.5 Å². The topological polar surface area (TPSA) is 102 Å². The Morgan fingerprint density at radius 2 is 1.47 bits per heavy atom. The number of nitrogens with one attached hydrogen (secondary N) is 1. The van der Waals surface area contributed by atoms with Gasteiger partial charge in [0, 0.05) is 12.8 Å². The van der Waals surface area contributed by atoms with Gasteiger partial charge < -0.3 is 14.9 Å². The SMILES string of the molecule is O=C(NC(CCc1ccccc1)C(=O)ON1C(=O)CCC1=O)OCc1ccccc1. The van der Waals surface area contributed by atoms with Crippen molar-refractivity contribution in [3.8, 4) is 0 Å². The van der Waals surface area contributed by atoms with Crippen LogP contribution in [0.5, 0.6) is 0 Å². The summed E-state index contributed by atoms with van der Waals surface area (Å²) in [6, 6.07) is 17.4. The molecule has 1 fully saturated rings. The zero-order chi connectivity index (χ0) is 21.3. The molecule has 1 atom stereocenters. The van der Waals surface area contributed by atoms with E-state index < -0.39 is 29.9 Å². The van der Waals surface area contributed by atoms with Crippen LogP contribution in [0.4, 0.5) is 4.79 Å². The highest BCUT2D eigenvalue weighted by molar-refractivity contribution is 6.01. The Balaban J connectivity index is 1.61. The number of rotatable bonds is 8. The number of hydrogen-bond donors (Lipinski definition) is 1. The minimum atomic E-state index is -1.09. The molecule has 1 unspecified atom stereocenters. The molecule has 8 heteroatoms. The smallest absolute Gasteiger partial charge is 0.408 e. The highest BCUT2D eigenvalue weighted by Crippen LogP contribution is 2.14. The van der Waals surface area contributed by atoms with Crippen LogP contribution in [0.1, 0.15) is 30.4 Å². The van der Waals surface area contributed by atoms with Gasteiger partial charge in [-0.25, -0.2) is 9.59 Å². The third-order valence-electron chi connectivity index (χ3n) is 4.54. The summed E-state index contributed by atoms with van der Waals surface area (Å²) in [6.07, 6.45) is -0.130. The number of nitrogens with zero attached hydrogens (tertiary/aromatic N) is 1. The Labute approximate surface area is 173 Å². The van der Waals surface area contributed by atoms with Crippen molar-refractivity contribution >= 4 is 23.9 Å². The fourth-order valence-electron chi connectivity index (χ4n) is 2.92. The molecule has 1 aliphatic heterocycles. The van der Waals surface area contributed by atoms with Crippen molar-refractivity contribution in [3.63, 3.8) is 0 Å². The van der Waals surface area contributed by atoms with E-state index >= 15 is 0 Å². The van der Waals surface area contributed by atoms with E-state index in [2.05, 4.69) is 5.32 Å². The Morgan fingerprint density at radius 1 is 0.900 bits per heavy atom. The first-order chi connectivity index (χ1) is 14.5. The van der Waals surface area contributed by atoms with Gasteiger partial charge in [0.05, 0.1) is 0 Å². The molecule has 0 spiro atoms. The second kappa shape index (κ2) is 10.2. The minimum absolute atomic E-state index is 0.00661. The summed E-state index contributed by atoms with van der Waals surface area (Å²) < 4.78 is 5.17. The van der Waals surface area contributed by atoms with Gasteiger partial charge in [0.25, 0.3) is 11.8 Å². The van der Waals surface area contributed by atoms with Crippen LogP contribution in [0.3, 0.4) is 0 Å². The molecule has 1 N–H and O–H groups in total. The third kappa shape index (κ3) is 5.91. The largest absolute Gasteiger partial charge is 0.445 e. The van der Waals surface area contributed by atoms with Gasteiger partial charge in [0.1, 0.15) is 12.6 Å². The van der Waals surface area contributed by atoms with Gasteiger partial charge in [-0.2, -0.15) is 0 Å². The van der Waals surface area contributed by atoms with Crippen LogP contribution < -0.4 is 5.32 Å². The maximum Gasteiger partial charge on any atom is 0.408 e. The molecule has 156 valence electrons. The van der Waals surface area contributed by atoms with E-state index in [1.807, 2.05) is 48.5 Å². The van der Waals surface area contributed by atoms with Gasteiger partial charge in [-0.3, -0.25) is 9.59 Å². The fourth-order valence-corrected chi connectivity index (χ4v) is 2.92. The molecule has 0 radical (unpaired) electrons. The maximum atomic E-state index is 12.6. The fraction of sp³-hybridized carbons (Fsp3) is 0.273. The normalized spacial score (nSPS) is 14.3. The summed E-state index contributed by atoms with van der Waals surface area (Å²) in [5.41, 5.74) is 1.76. The van der Waals surface area contributed by atoms with Crippen LogP contribution >= 0.6 is 0 Å². The molecule has 2 aromatic rings. The summed E-state index contributed by atoms with van der Waals surface area (Å²) in [6.45, 7) is 0.0379. The molecule has 1 saturated heterocycles. The average Bonchev–Trinajstić information content (AvgIpc) is 3.08. The number of aryl methyl sites for hydroxylation is 1. The molecule has 8 nitrogen and oxygen atoms in total. The van der Waals surface area contributed by atoms with Crippen molar-refractivity contribution in [2.75, 3.05) is 0 Å². The molecule has 30 heavy (non-hydrogen) atoms. The van der Waals surface area contributed by atoms with Crippen LogP contribution in [-0.4, -0.2) is 35.0 Å². The summed E-state index contributed by atoms with van der Waals surface area (Å²) in [5.74, 6) is -2.06. The van der Waals surface area contributed by atoms with Crippen LogP contribution in [0.25, 0.3) is 0 Å². The van der Waals surface area contributed by atoms with Gasteiger partial charge in [0.2, 0.25) is 0 Å². The monoisotopic (exact) mass is 410 g/mol. The number of carbonyl (C=O) groups excluding carboxylic acids is 4. The molecule has 0 aromatic heterocycles. The third-order valence-corrected chi connectivity index (χ3v) is 4.54. The zero-order valence-corrected chi connectivity index (χ0v) is 16.3. The first kappa shape index (κ1) is 21.0. The molecule has 3 amide bonds. The number of amides is 3. The molecular formula is C22H22N2O6. The number of ether oxygens (including phenoxy) is 1. The number of imide groups is 1. The Hall–Kier alpha value is -3.68. The Bertz CT molecular complexity index is 884. The second-order valence-electron chi connectivity index (χ2n) is 6.78. The minimum Gasteiger partial charge on any atom is -0.445 e. The lowest BCUT2D eigenvalue weighted by Crippen LogP contribution is -2.45. The van der Waals surface area contributed by atoms with E-state index in [1.54, 1.807) is 12.1 Å². The number of hydrogen-bond acceptors (Lipinski definition) is 6. The molecule has 1 heterocycles. The van der Waals surface area contributed by atoms with Gasteiger partial charge in [-0.15, -0.1) is 5.06 Å².